The standard InChI is InChI=1S/C54H44N2/c1-5-13-41(14-6-1)45-25-33-51(34-26-45)55(49-17-9-3-10-18-49)53-37-29-47(30-38-53)43-21-23-44(24-22-43)48-31-39-54(40-32-48)56(50-19-11-4-12-20-50)52-35-27-46(28-36-52)42-15-7-2-8-16-42/h1-11,13-19,21-37,39-40,53H,12,20,38H2. The highest BCUT2D eigenvalue weighted by Crippen LogP contribution is 2.37. The van der Waals surface area contributed by atoms with Gasteiger partial charge in [0.2, 0.25) is 0 Å². The molecule has 2 heteroatoms. The Morgan fingerprint density at radius 1 is 0.411 bits per heavy atom. The third-order valence-electron chi connectivity index (χ3n) is 10.9. The third kappa shape index (κ3) is 7.56. The molecule has 9 rings (SSSR count). The smallest absolute Gasteiger partial charge is 0.0560 e. The Hall–Kier alpha value is -6.90. The van der Waals surface area contributed by atoms with Crippen LogP contribution in [0.1, 0.15) is 24.8 Å². The van der Waals surface area contributed by atoms with Gasteiger partial charge in [-0.25, -0.2) is 0 Å². The minimum absolute atomic E-state index is 0.211. The van der Waals surface area contributed by atoms with E-state index in [0.717, 1.165) is 19.3 Å². The van der Waals surface area contributed by atoms with Gasteiger partial charge in [0.15, 0.2) is 0 Å². The largest absolute Gasteiger partial charge is 0.334 e. The normalized spacial score (nSPS) is 14.8. The van der Waals surface area contributed by atoms with Gasteiger partial charge < -0.3 is 9.80 Å². The van der Waals surface area contributed by atoms with Crippen LogP contribution in [0.3, 0.4) is 0 Å². The Labute approximate surface area is 331 Å². The van der Waals surface area contributed by atoms with Gasteiger partial charge >= 0.3 is 0 Å². The Morgan fingerprint density at radius 2 is 0.839 bits per heavy atom. The number of hydrogen-bond acceptors (Lipinski definition) is 2. The first-order valence-corrected chi connectivity index (χ1v) is 19.7. The monoisotopic (exact) mass is 720 g/mol. The number of benzene rings is 7. The lowest BCUT2D eigenvalue weighted by Gasteiger charge is -2.33. The van der Waals surface area contributed by atoms with Crippen molar-refractivity contribution in [1.29, 1.82) is 0 Å². The molecule has 56 heavy (non-hydrogen) atoms. The summed E-state index contributed by atoms with van der Waals surface area (Å²) in [6, 6.07) is 68.1. The van der Waals surface area contributed by atoms with Gasteiger partial charge in [-0.15, -0.1) is 0 Å². The summed E-state index contributed by atoms with van der Waals surface area (Å²) >= 11 is 0. The van der Waals surface area contributed by atoms with E-state index in [1.54, 1.807) is 0 Å². The molecular weight excluding hydrogens is 677 g/mol. The first-order valence-electron chi connectivity index (χ1n) is 19.7. The second-order valence-electron chi connectivity index (χ2n) is 14.4. The predicted molar refractivity (Wildman–Crippen MR) is 238 cm³/mol. The number of nitrogens with zero attached hydrogens (tertiary/aromatic N) is 2. The quantitative estimate of drug-likeness (QED) is 0.139. The van der Waals surface area contributed by atoms with E-state index in [1.165, 1.54) is 73.0 Å². The van der Waals surface area contributed by atoms with Crippen LogP contribution in [0.25, 0.3) is 39.0 Å². The van der Waals surface area contributed by atoms with E-state index in [9.17, 15) is 0 Å². The molecule has 0 amide bonds. The summed E-state index contributed by atoms with van der Waals surface area (Å²) in [4.78, 5) is 4.85. The Morgan fingerprint density at radius 3 is 1.30 bits per heavy atom. The minimum Gasteiger partial charge on any atom is -0.334 e. The molecule has 270 valence electrons. The molecule has 0 saturated heterocycles. The fraction of sp³-hybridized carbons (Fsp3) is 0.0741. The number of allylic oxidation sites excluding steroid dienone is 6. The molecule has 2 nitrogen and oxygen atoms in total. The SMILES string of the molecule is C1=CCCC(N(c2ccc(-c3ccccc3)cc2)c2ccc(-c3ccc(C4=CCC(N(c5ccccc5)c5ccc(-c6ccccc6)cc5)C=C4)cc3)cc2)=C1. The van der Waals surface area contributed by atoms with Crippen LogP contribution in [-0.4, -0.2) is 6.04 Å². The Kier molecular flexibility index (Phi) is 10.1. The molecular formula is C54H44N2. The topological polar surface area (TPSA) is 6.48 Å². The summed E-state index contributed by atoms with van der Waals surface area (Å²) < 4.78 is 0. The first kappa shape index (κ1) is 34.8. The van der Waals surface area contributed by atoms with Gasteiger partial charge in [0.1, 0.15) is 0 Å². The number of anilines is 4. The highest BCUT2D eigenvalue weighted by Gasteiger charge is 2.21. The molecule has 0 aliphatic heterocycles. The average molecular weight is 721 g/mol. The molecule has 0 aromatic heterocycles. The van der Waals surface area contributed by atoms with E-state index in [4.69, 9.17) is 0 Å². The van der Waals surface area contributed by atoms with Gasteiger partial charge in [0.25, 0.3) is 0 Å². The van der Waals surface area contributed by atoms with Gasteiger partial charge in [0, 0.05) is 28.4 Å². The van der Waals surface area contributed by atoms with Crippen molar-refractivity contribution in [3.05, 3.63) is 236 Å². The third-order valence-corrected chi connectivity index (χ3v) is 10.9. The van der Waals surface area contributed by atoms with Crippen molar-refractivity contribution in [3.8, 4) is 33.4 Å². The van der Waals surface area contributed by atoms with Crippen LogP contribution >= 0.6 is 0 Å². The molecule has 0 N–H and O–H groups in total. The van der Waals surface area contributed by atoms with Crippen LogP contribution in [0.15, 0.2) is 230 Å². The van der Waals surface area contributed by atoms with Crippen molar-refractivity contribution < 1.29 is 0 Å². The summed E-state index contributed by atoms with van der Waals surface area (Å²) in [5.41, 5.74) is 15.9. The first-order chi connectivity index (χ1) is 27.8. The van der Waals surface area contributed by atoms with Crippen LogP contribution in [-0.2, 0) is 0 Å². The molecule has 2 aliphatic rings. The molecule has 1 unspecified atom stereocenters. The van der Waals surface area contributed by atoms with Crippen molar-refractivity contribution in [2.24, 2.45) is 0 Å². The van der Waals surface area contributed by atoms with E-state index in [2.05, 4.69) is 234 Å². The van der Waals surface area contributed by atoms with Crippen LogP contribution in [0.4, 0.5) is 22.7 Å². The maximum atomic E-state index is 2.45. The van der Waals surface area contributed by atoms with E-state index < -0.39 is 0 Å². The van der Waals surface area contributed by atoms with Crippen molar-refractivity contribution in [2.45, 2.75) is 25.3 Å². The lowest BCUT2D eigenvalue weighted by Crippen LogP contribution is -2.30. The van der Waals surface area contributed by atoms with E-state index >= 15 is 0 Å². The van der Waals surface area contributed by atoms with Crippen molar-refractivity contribution in [3.63, 3.8) is 0 Å². The van der Waals surface area contributed by atoms with Gasteiger partial charge in [-0.05, 0) is 118 Å². The van der Waals surface area contributed by atoms with Gasteiger partial charge in [0.05, 0.1) is 6.04 Å². The fourth-order valence-corrected chi connectivity index (χ4v) is 7.93. The van der Waals surface area contributed by atoms with Gasteiger partial charge in [-0.2, -0.15) is 0 Å². The second kappa shape index (κ2) is 16.2. The number of hydrogen-bond donors (Lipinski definition) is 0. The van der Waals surface area contributed by atoms with Crippen molar-refractivity contribution in [2.75, 3.05) is 9.80 Å². The minimum atomic E-state index is 0.211. The predicted octanol–water partition coefficient (Wildman–Crippen LogP) is 14.6. The fourth-order valence-electron chi connectivity index (χ4n) is 7.93. The molecule has 0 fully saturated rings. The molecule has 2 aliphatic carbocycles. The van der Waals surface area contributed by atoms with Gasteiger partial charge in [-0.3, -0.25) is 0 Å². The second-order valence-corrected chi connectivity index (χ2v) is 14.4. The Bertz CT molecular complexity index is 2490. The molecule has 0 spiro atoms. The van der Waals surface area contributed by atoms with Crippen LogP contribution in [0, 0.1) is 0 Å². The summed E-state index contributed by atoms with van der Waals surface area (Å²) in [6.07, 6.45) is 16.7. The molecule has 0 radical (unpaired) electrons. The zero-order valence-corrected chi connectivity index (χ0v) is 31.5. The van der Waals surface area contributed by atoms with E-state index in [-0.39, 0.29) is 6.04 Å². The van der Waals surface area contributed by atoms with Gasteiger partial charge in [-0.1, -0.05) is 170 Å². The maximum absolute atomic E-state index is 2.45. The molecule has 7 aromatic carbocycles. The summed E-state index contributed by atoms with van der Waals surface area (Å²) in [7, 11) is 0. The Balaban J connectivity index is 0.914. The summed E-state index contributed by atoms with van der Waals surface area (Å²) in [5, 5.41) is 0. The number of rotatable bonds is 10. The zero-order valence-electron chi connectivity index (χ0n) is 31.5. The summed E-state index contributed by atoms with van der Waals surface area (Å²) in [6.45, 7) is 0. The lowest BCUT2D eigenvalue weighted by atomic mass is 9.94. The summed E-state index contributed by atoms with van der Waals surface area (Å²) in [5.74, 6) is 0. The van der Waals surface area contributed by atoms with Crippen LogP contribution < -0.4 is 9.80 Å². The van der Waals surface area contributed by atoms with E-state index in [0.29, 0.717) is 0 Å². The highest BCUT2D eigenvalue weighted by atomic mass is 15.2. The number of para-hydroxylation sites is 1. The molecule has 0 heterocycles. The molecule has 0 bridgehead atoms. The van der Waals surface area contributed by atoms with Crippen molar-refractivity contribution >= 4 is 28.3 Å². The molecule has 7 aromatic rings. The molecule has 1 atom stereocenters. The van der Waals surface area contributed by atoms with E-state index in [1.807, 2.05) is 0 Å². The highest BCUT2D eigenvalue weighted by molar-refractivity contribution is 5.80. The van der Waals surface area contributed by atoms with Crippen LogP contribution in [0.5, 0.6) is 0 Å². The maximum Gasteiger partial charge on any atom is 0.0560 e. The van der Waals surface area contributed by atoms with Crippen molar-refractivity contribution in [1.82, 2.24) is 0 Å². The van der Waals surface area contributed by atoms with Crippen LogP contribution in [0.2, 0.25) is 0 Å². The molecule has 0 saturated carbocycles. The zero-order chi connectivity index (χ0) is 37.5. The lowest BCUT2D eigenvalue weighted by molar-refractivity contribution is 0.787. The average Bonchev–Trinajstić information content (AvgIpc) is 3.29.